The molecule has 2 amide bonds. The maximum atomic E-state index is 12.8. The van der Waals surface area contributed by atoms with Crippen LogP contribution >= 0.6 is 11.6 Å². The number of ether oxygens (including phenoxy) is 1. The zero-order chi connectivity index (χ0) is 22.0. The molecule has 0 bridgehead atoms. The number of hydrogen-bond donors (Lipinski definition) is 2. The molecule has 8 nitrogen and oxygen atoms in total. The molecule has 0 fully saturated rings. The van der Waals surface area contributed by atoms with E-state index in [0.717, 1.165) is 5.56 Å². The summed E-state index contributed by atoms with van der Waals surface area (Å²) in [5.41, 5.74) is 12.7. The van der Waals surface area contributed by atoms with Gasteiger partial charge in [0.05, 0.1) is 11.4 Å². The van der Waals surface area contributed by atoms with Crippen LogP contribution in [0.3, 0.4) is 0 Å². The number of halogens is 1. The summed E-state index contributed by atoms with van der Waals surface area (Å²) >= 11 is 6.29. The van der Waals surface area contributed by atoms with E-state index in [1.807, 2.05) is 6.07 Å². The van der Waals surface area contributed by atoms with E-state index in [2.05, 4.69) is 0 Å². The highest BCUT2D eigenvalue weighted by Gasteiger charge is 2.20. The second kappa shape index (κ2) is 8.46. The summed E-state index contributed by atoms with van der Waals surface area (Å²) < 4.78 is 10.7. The molecule has 3 aromatic rings. The van der Waals surface area contributed by atoms with Crippen molar-refractivity contribution >= 4 is 40.3 Å². The van der Waals surface area contributed by atoms with Crippen LogP contribution in [0.5, 0.6) is 5.75 Å². The molecule has 0 saturated carbocycles. The second-order valence-corrected chi connectivity index (χ2v) is 7.36. The Morgan fingerprint density at radius 3 is 2.53 bits per heavy atom. The van der Waals surface area contributed by atoms with E-state index in [9.17, 15) is 14.4 Å². The molecule has 1 aromatic heterocycles. The minimum absolute atomic E-state index is 0.0274. The maximum absolute atomic E-state index is 12.8. The van der Waals surface area contributed by atoms with Gasteiger partial charge in [-0.1, -0.05) is 23.7 Å². The van der Waals surface area contributed by atoms with Crippen molar-refractivity contribution in [3.63, 3.8) is 0 Å². The Labute approximate surface area is 177 Å². The number of anilines is 1. The number of rotatable bonds is 5. The predicted molar refractivity (Wildman–Crippen MR) is 114 cm³/mol. The highest BCUT2D eigenvalue weighted by molar-refractivity contribution is 6.33. The lowest BCUT2D eigenvalue weighted by molar-refractivity contribution is -0.117. The lowest BCUT2D eigenvalue weighted by Gasteiger charge is -2.14. The van der Waals surface area contributed by atoms with Gasteiger partial charge in [0.25, 0.3) is 0 Å². The van der Waals surface area contributed by atoms with Crippen molar-refractivity contribution in [1.29, 1.82) is 0 Å². The Morgan fingerprint density at radius 2 is 1.90 bits per heavy atom. The van der Waals surface area contributed by atoms with E-state index in [1.54, 1.807) is 18.2 Å². The highest BCUT2D eigenvalue weighted by Crippen LogP contribution is 2.33. The summed E-state index contributed by atoms with van der Waals surface area (Å²) in [6.45, 7) is 0. The monoisotopic (exact) mass is 429 g/mol. The molecule has 0 unspecified atom stereocenters. The van der Waals surface area contributed by atoms with Crippen molar-refractivity contribution in [2.45, 2.75) is 12.8 Å². The van der Waals surface area contributed by atoms with Crippen molar-refractivity contribution in [1.82, 2.24) is 4.90 Å². The molecular formula is C21H20ClN3O5. The van der Waals surface area contributed by atoms with Crippen molar-refractivity contribution in [3.8, 4) is 5.75 Å². The molecule has 0 spiro atoms. The Balaban J connectivity index is 2.17. The summed E-state index contributed by atoms with van der Waals surface area (Å²) in [7, 11) is 3.04. The lowest BCUT2D eigenvalue weighted by atomic mass is 9.96. The third-order valence-corrected chi connectivity index (χ3v) is 4.71. The van der Waals surface area contributed by atoms with Gasteiger partial charge in [0.1, 0.15) is 5.58 Å². The number of nitrogens with two attached hydrogens (primary N) is 2. The Kier molecular flexibility index (Phi) is 5.98. The Hall–Kier alpha value is -3.52. The number of primary amides is 1. The van der Waals surface area contributed by atoms with Gasteiger partial charge in [0, 0.05) is 43.2 Å². The molecular weight excluding hydrogens is 410 g/mol. The number of carbonyl (C=O) groups excluding carboxylic acids is 2. The van der Waals surface area contributed by atoms with E-state index >= 15 is 0 Å². The van der Waals surface area contributed by atoms with E-state index in [0.29, 0.717) is 16.6 Å². The average molecular weight is 430 g/mol. The van der Waals surface area contributed by atoms with Gasteiger partial charge in [0.2, 0.25) is 5.91 Å². The smallest absolute Gasteiger partial charge is 0.414 e. The quantitative estimate of drug-likeness (QED) is 0.474. The van der Waals surface area contributed by atoms with Gasteiger partial charge in [-0.15, -0.1) is 0 Å². The standard InChI is InChI=1S/C21H20ClN3O5/c1-25(2)21(28)30-18-10-17-14(8-16(18)22)13(9-19(24)26)15(20(27)29-17)7-11-4-3-5-12(23)6-11/h3-6,8,10H,7,9,23H2,1-2H3,(H2,24,26). The zero-order valence-electron chi connectivity index (χ0n) is 16.4. The van der Waals surface area contributed by atoms with E-state index < -0.39 is 17.6 Å². The summed E-state index contributed by atoms with van der Waals surface area (Å²) in [4.78, 5) is 37.5. The third kappa shape index (κ3) is 4.55. The number of nitrogens with zero attached hydrogens (tertiary/aromatic N) is 1. The van der Waals surface area contributed by atoms with Crippen LogP contribution in [0, 0.1) is 0 Å². The molecule has 4 N–H and O–H groups in total. The van der Waals surface area contributed by atoms with Gasteiger partial charge in [-0.3, -0.25) is 4.79 Å². The average Bonchev–Trinajstić information content (AvgIpc) is 2.65. The van der Waals surface area contributed by atoms with Gasteiger partial charge < -0.3 is 25.5 Å². The molecule has 0 radical (unpaired) electrons. The first-order valence-corrected chi connectivity index (χ1v) is 9.33. The first kappa shape index (κ1) is 21.2. The summed E-state index contributed by atoms with van der Waals surface area (Å²) in [6.07, 6.45) is -0.636. The summed E-state index contributed by atoms with van der Waals surface area (Å²) in [5, 5.41) is 0.550. The predicted octanol–water partition coefficient (Wildman–Crippen LogP) is 2.71. The molecule has 3 rings (SSSR count). The van der Waals surface area contributed by atoms with Crippen LogP contribution in [0.25, 0.3) is 11.0 Å². The van der Waals surface area contributed by atoms with Gasteiger partial charge in [0.15, 0.2) is 5.75 Å². The number of hydrogen-bond acceptors (Lipinski definition) is 6. The van der Waals surface area contributed by atoms with E-state index in [-0.39, 0.29) is 34.8 Å². The van der Waals surface area contributed by atoms with Crippen molar-refractivity contribution in [3.05, 3.63) is 68.5 Å². The van der Waals surface area contributed by atoms with Gasteiger partial charge >= 0.3 is 11.7 Å². The van der Waals surface area contributed by atoms with Crippen LogP contribution < -0.4 is 21.8 Å². The number of nitrogen functional groups attached to an aromatic ring is 1. The fourth-order valence-electron chi connectivity index (χ4n) is 3.03. The van der Waals surface area contributed by atoms with Crippen molar-refractivity contribution < 1.29 is 18.7 Å². The van der Waals surface area contributed by atoms with E-state index in [1.165, 1.54) is 31.1 Å². The molecule has 9 heteroatoms. The minimum Gasteiger partial charge on any atom is -0.422 e. The zero-order valence-corrected chi connectivity index (χ0v) is 17.2. The Bertz CT molecular complexity index is 1200. The maximum Gasteiger partial charge on any atom is 0.414 e. The molecule has 30 heavy (non-hydrogen) atoms. The normalized spacial score (nSPS) is 10.8. The molecule has 0 atom stereocenters. The van der Waals surface area contributed by atoms with Crippen LogP contribution in [-0.4, -0.2) is 31.0 Å². The van der Waals surface area contributed by atoms with Crippen LogP contribution in [0.15, 0.2) is 45.6 Å². The molecule has 0 aliphatic heterocycles. The molecule has 0 saturated heterocycles. The van der Waals surface area contributed by atoms with Gasteiger partial charge in [-0.2, -0.15) is 0 Å². The van der Waals surface area contributed by atoms with E-state index in [4.69, 9.17) is 32.2 Å². The highest BCUT2D eigenvalue weighted by atomic mass is 35.5. The fourth-order valence-corrected chi connectivity index (χ4v) is 3.23. The molecule has 2 aromatic carbocycles. The van der Waals surface area contributed by atoms with Crippen LogP contribution in [0.2, 0.25) is 5.02 Å². The largest absolute Gasteiger partial charge is 0.422 e. The summed E-state index contributed by atoms with van der Waals surface area (Å²) in [5.74, 6) is -0.588. The second-order valence-electron chi connectivity index (χ2n) is 6.95. The first-order chi connectivity index (χ1) is 14.2. The first-order valence-electron chi connectivity index (χ1n) is 8.95. The van der Waals surface area contributed by atoms with Crippen LogP contribution in [0.4, 0.5) is 10.5 Å². The Morgan fingerprint density at radius 1 is 1.17 bits per heavy atom. The number of benzene rings is 2. The molecule has 0 aliphatic carbocycles. The topological polar surface area (TPSA) is 129 Å². The lowest BCUT2D eigenvalue weighted by Crippen LogP contribution is -2.25. The molecule has 156 valence electrons. The van der Waals surface area contributed by atoms with Crippen LogP contribution in [-0.2, 0) is 17.6 Å². The third-order valence-electron chi connectivity index (χ3n) is 4.42. The van der Waals surface area contributed by atoms with Crippen molar-refractivity contribution in [2.24, 2.45) is 5.73 Å². The fraction of sp³-hybridized carbons (Fsp3) is 0.190. The number of fused-ring (bicyclic) bond motifs is 1. The summed E-state index contributed by atoms with van der Waals surface area (Å²) in [6, 6.07) is 9.87. The molecule has 0 aliphatic rings. The van der Waals surface area contributed by atoms with Crippen molar-refractivity contribution in [2.75, 3.05) is 19.8 Å². The number of amides is 2. The number of carbonyl (C=O) groups is 2. The van der Waals surface area contributed by atoms with Gasteiger partial charge in [-0.05, 0) is 29.3 Å². The minimum atomic E-state index is -0.644. The van der Waals surface area contributed by atoms with Crippen LogP contribution in [0.1, 0.15) is 16.7 Å². The molecule has 1 heterocycles. The SMILES string of the molecule is CN(C)C(=O)Oc1cc2oc(=O)c(Cc3cccc(N)c3)c(CC(N)=O)c2cc1Cl. The van der Waals surface area contributed by atoms with Gasteiger partial charge in [-0.25, -0.2) is 9.59 Å².